The molecule has 150 valence electrons. The fourth-order valence-electron chi connectivity index (χ4n) is 3.11. The van der Waals surface area contributed by atoms with Crippen molar-refractivity contribution in [3.8, 4) is 0 Å². The summed E-state index contributed by atoms with van der Waals surface area (Å²) in [7, 11) is 0. The van der Waals surface area contributed by atoms with Gasteiger partial charge in [0, 0.05) is 12.5 Å². The highest BCUT2D eigenvalue weighted by Gasteiger charge is 2.28. The lowest BCUT2D eigenvalue weighted by Crippen LogP contribution is -2.43. The third kappa shape index (κ3) is 4.84. The van der Waals surface area contributed by atoms with Gasteiger partial charge in [0.15, 0.2) is 0 Å². The lowest BCUT2D eigenvalue weighted by molar-refractivity contribution is -0.145. The molecule has 1 fully saturated rings. The molecule has 2 atom stereocenters. The fraction of sp³-hybridized carbons (Fsp3) is 0.421. The summed E-state index contributed by atoms with van der Waals surface area (Å²) in [6.07, 6.45) is 2.16. The van der Waals surface area contributed by atoms with Crippen LogP contribution in [0.5, 0.6) is 0 Å². The average Bonchev–Trinajstić information content (AvgIpc) is 3.33. The van der Waals surface area contributed by atoms with Gasteiger partial charge < -0.3 is 19.9 Å². The Balaban J connectivity index is 1.75. The number of carbonyl (C=O) groups is 2. The summed E-state index contributed by atoms with van der Waals surface area (Å²) in [6, 6.07) is 5.73. The molecular weight excluding hydrogens is 405 g/mol. The number of rotatable bonds is 7. The normalized spacial score (nSPS) is 17.3. The van der Waals surface area contributed by atoms with Crippen molar-refractivity contribution in [2.24, 2.45) is 0 Å². The molecule has 0 saturated carbocycles. The van der Waals surface area contributed by atoms with Crippen LogP contribution in [-0.2, 0) is 16.0 Å². The first-order chi connectivity index (χ1) is 13.5. The number of amides is 1. The van der Waals surface area contributed by atoms with Gasteiger partial charge in [0.2, 0.25) is 0 Å². The molecule has 1 aliphatic heterocycles. The Morgan fingerprint density at radius 3 is 2.79 bits per heavy atom. The van der Waals surface area contributed by atoms with Crippen LogP contribution in [0.2, 0.25) is 10.0 Å². The van der Waals surface area contributed by atoms with Crippen molar-refractivity contribution >= 4 is 35.1 Å². The predicted octanol–water partition coefficient (Wildman–Crippen LogP) is 3.31. The largest absolute Gasteiger partial charge is 0.464 e. The fourth-order valence-corrected chi connectivity index (χ4v) is 3.68. The van der Waals surface area contributed by atoms with Gasteiger partial charge in [-0.25, -0.2) is 4.79 Å². The Morgan fingerprint density at radius 1 is 1.39 bits per heavy atom. The molecule has 2 N–H and O–H groups in total. The average molecular weight is 426 g/mol. The van der Waals surface area contributed by atoms with Crippen molar-refractivity contribution in [1.29, 1.82) is 0 Å². The standard InChI is InChI=1S/C19H21Cl2N3O4/c1-2-27-19(26)16(23-18(25)17-12(20)5-3-6-13(17)21)10-11-9-15(24-28-11)14-7-4-8-22-14/h3,5-6,9,14,16,22H,2,4,7-8,10H2,1H3,(H,23,25)/t14-,16-/m0/s1. The van der Waals surface area contributed by atoms with Gasteiger partial charge in [-0.15, -0.1) is 0 Å². The molecule has 2 aromatic rings. The van der Waals surface area contributed by atoms with Gasteiger partial charge in [-0.3, -0.25) is 4.79 Å². The Morgan fingerprint density at radius 2 is 2.14 bits per heavy atom. The molecule has 28 heavy (non-hydrogen) atoms. The summed E-state index contributed by atoms with van der Waals surface area (Å²) in [6.45, 7) is 2.82. The van der Waals surface area contributed by atoms with Crippen LogP contribution in [0, 0.1) is 0 Å². The molecule has 1 aromatic heterocycles. The van der Waals surface area contributed by atoms with Crippen LogP contribution in [0.3, 0.4) is 0 Å². The van der Waals surface area contributed by atoms with E-state index in [1.165, 1.54) is 0 Å². The van der Waals surface area contributed by atoms with E-state index in [0.29, 0.717) is 5.76 Å². The minimum atomic E-state index is -0.961. The zero-order chi connectivity index (χ0) is 20.1. The highest BCUT2D eigenvalue weighted by molar-refractivity contribution is 6.39. The molecule has 0 bridgehead atoms. The number of hydrogen-bond acceptors (Lipinski definition) is 6. The van der Waals surface area contributed by atoms with E-state index in [9.17, 15) is 9.59 Å². The molecule has 0 unspecified atom stereocenters. The van der Waals surface area contributed by atoms with Crippen molar-refractivity contribution in [1.82, 2.24) is 15.8 Å². The highest BCUT2D eigenvalue weighted by Crippen LogP contribution is 2.25. The first-order valence-corrected chi connectivity index (χ1v) is 9.85. The molecule has 0 aliphatic carbocycles. The number of nitrogens with zero attached hydrogens (tertiary/aromatic N) is 1. The van der Waals surface area contributed by atoms with Crippen molar-refractivity contribution in [2.75, 3.05) is 13.2 Å². The molecular formula is C19H21Cl2N3O4. The molecule has 1 aromatic carbocycles. The smallest absolute Gasteiger partial charge is 0.329 e. The maximum absolute atomic E-state index is 12.7. The SMILES string of the molecule is CCOC(=O)[C@H](Cc1cc([C@@H]2CCCN2)no1)NC(=O)c1c(Cl)cccc1Cl. The molecule has 7 nitrogen and oxygen atoms in total. The van der Waals surface area contributed by atoms with E-state index in [-0.39, 0.29) is 34.7 Å². The Labute approximate surface area is 172 Å². The Bertz CT molecular complexity index is 829. The molecule has 3 rings (SSSR count). The number of esters is 1. The number of carbonyl (C=O) groups excluding carboxylic acids is 2. The highest BCUT2D eigenvalue weighted by atomic mass is 35.5. The van der Waals surface area contributed by atoms with E-state index in [0.717, 1.165) is 25.1 Å². The lowest BCUT2D eigenvalue weighted by atomic mass is 10.1. The number of nitrogens with one attached hydrogen (secondary N) is 2. The monoisotopic (exact) mass is 425 g/mol. The number of aromatic nitrogens is 1. The van der Waals surface area contributed by atoms with Crippen molar-refractivity contribution in [3.05, 3.63) is 51.3 Å². The zero-order valence-electron chi connectivity index (χ0n) is 15.3. The summed E-state index contributed by atoms with van der Waals surface area (Å²) in [4.78, 5) is 25.0. The minimum Gasteiger partial charge on any atom is -0.464 e. The van der Waals surface area contributed by atoms with E-state index in [1.807, 2.05) is 0 Å². The van der Waals surface area contributed by atoms with Crippen LogP contribution in [0.4, 0.5) is 0 Å². The van der Waals surface area contributed by atoms with Gasteiger partial charge in [-0.2, -0.15) is 0 Å². The van der Waals surface area contributed by atoms with Crippen LogP contribution >= 0.6 is 23.2 Å². The van der Waals surface area contributed by atoms with Gasteiger partial charge in [-0.05, 0) is 38.4 Å². The van der Waals surface area contributed by atoms with Gasteiger partial charge in [0.05, 0.1) is 28.3 Å². The van der Waals surface area contributed by atoms with Gasteiger partial charge >= 0.3 is 5.97 Å². The van der Waals surface area contributed by atoms with Gasteiger partial charge in [0.25, 0.3) is 5.91 Å². The van der Waals surface area contributed by atoms with Crippen LogP contribution in [0.15, 0.2) is 28.8 Å². The summed E-state index contributed by atoms with van der Waals surface area (Å²) in [5.74, 6) is -0.658. The number of hydrogen-bond donors (Lipinski definition) is 2. The van der Waals surface area contributed by atoms with E-state index in [1.54, 1.807) is 31.2 Å². The predicted molar refractivity (Wildman–Crippen MR) is 105 cm³/mol. The lowest BCUT2D eigenvalue weighted by Gasteiger charge is -2.17. The zero-order valence-corrected chi connectivity index (χ0v) is 16.8. The maximum atomic E-state index is 12.7. The van der Waals surface area contributed by atoms with Crippen LogP contribution < -0.4 is 10.6 Å². The minimum absolute atomic E-state index is 0.104. The third-order valence-electron chi connectivity index (χ3n) is 4.47. The van der Waals surface area contributed by atoms with Gasteiger partial charge in [-0.1, -0.05) is 34.4 Å². The van der Waals surface area contributed by atoms with Crippen LogP contribution in [0.25, 0.3) is 0 Å². The van der Waals surface area contributed by atoms with E-state index >= 15 is 0 Å². The van der Waals surface area contributed by atoms with Gasteiger partial charge in [0.1, 0.15) is 17.5 Å². The second-order valence-electron chi connectivity index (χ2n) is 6.45. The summed E-state index contributed by atoms with van der Waals surface area (Å²) in [5.41, 5.74) is 0.893. The molecule has 1 amide bonds. The summed E-state index contributed by atoms with van der Waals surface area (Å²) >= 11 is 12.2. The number of halogens is 2. The maximum Gasteiger partial charge on any atom is 0.329 e. The van der Waals surface area contributed by atoms with Crippen LogP contribution in [-0.4, -0.2) is 36.2 Å². The second kappa shape index (κ2) is 9.41. The summed E-state index contributed by atoms with van der Waals surface area (Å²) < 4.78 is 10.5. The Kier molecular flexibility index (Phi) is 6.93. The molecule has 9 heteroatoms. The second-order valence-corrected chi connectivity index (χ2v) is 7.26. The third-order valence-corrected chi connectivity index (χ3v) is 5.10. The van der Waals surface area contributed by atoms with Crippen molar-refractivity contribution in [3.63, 3.8) is 0 Å². The first kappa shape index (κ1) is 20.6. The first-order valence-electron chi connectivity index (χ1n) is 9.10. The van der Waals surface area contributed by atoms with Crippen molar-refractivity contribution in [2.45, 2.75) is 38.3 Å². The molecule has 1 saturated heterocycles. The van der Waals surface area contributed by atoms with Crippen LogP contribution in [0.1, 0.15) is 47.6 Å². The van der Waals surface area contributed by atoms with E-state index in [2.05, 4.69) is 15.8 Å². The molecule has 0 spiro atoms. The number of ether oxygens (including phenoxy) is 1. The van der Waals surface area contributed by atoms with E-state index < -0.39 is 17.9 Å². The molecule has 0 radical (unpaired) electrons. The summed E-state index contributed by atoms with van der Waals surface area (Å²) in [5, 5.41) is 10.4. The Hall–Kier alpha value is -2.09. The number of benzene rings is 1. The molecule has 1 aliphatic rings. The topological polar surface area (TPSA) is 93.5 Å². The van der Waals surface area contributed by atoms with E-state index in [4.69, 9.17) is 32.5 Å². The quantitative estimate of drug-likeness (QED) is 0.660. The van der Waals surface area contributed by atoms with Crippen molar-refractivity contribution < 1.29 is 18.8 Å². The molecule has 2 heterocycles.